The number of aliphatic carboxylic acids is 1. The van der Waals surface area contributed by atoms with Crippen LogP contribution in [0.25, 0.3) is 0 Å². The maximum absolute atomic E-state index is 10.9. The van der Waals surface area contributed by atoms with E-state index >= 15 is 0 Å². The molecule has 1 aliphatic heterocycles. The van der Waals surface area contributed by atoms with Gasteiger partial charge in [-0.05, 0) is 30.2 Å². The summed E-state index contributed by atoms with van der Waals surface area (Å²) in [6.45, 7) is 3.74. The van der Waals surface area contributed by atoms with Crippen LogP contribution in [0.1, 0.15) is 43.2 Å². The van der Waals surface area contributed by atoms with E-state index in [0.717, 1.165) is 36.3 Å². The van der Waals surface area contributed by atoms with Crippen molar-refractivity contribution in [1.29, 1.82) is 0 Å². The summed E-state index contributed by atoms with van der Waals surface area (Å²) in [5.41, 5.74) is 1.99. The van der Waals surface area contributed by atoms with Crippen molar-refractivity contribution in [3.63, 3.8) is 0 Å². The average Bonchev–Trinajstić information content (AvgIpc) is 3.03. The second-order valence-corrected chi connectivity index (χ2v) is 6.44. The Morgan fingerprint density at radius 2 is 1.92 bits per heavy atom. The highest BCUT2D eigenvalue weighted by molar-refractivity contribution is 5.68. The summed E-state index contributed by atoms with van der Waals surface area (Å²) in [5, 5.41) is 8.96. The first-order valence-electron chi connectivity index (χ1n) is 8.98. The average molecular weight is 356 g/mol. The number of carboxylic acid groups (broad SMARTS) is 1. The Morgan fingerprint density at radius 3 is 2.65 bits per heavy atom. The van der Waals surface area contributed by atoms with Crippen LogP contribution < -0.4 is 14.2 Å². The molecule has 0 aromatic heterocycles. The Kier molecular flexibility index (Phi) is 6.00. The molecule has 1 aliphatic rings. The fourth-order valence-corrected chi connectivity index (χ4v) is 2.91. The standard InChI is InChI=1S/C21H24O5/c1-2-3-10-24-17-6-4-15(5-7-17)13-25-18-8-9-19-16(11-21(22)23)14-26-20(19)12-18/h4-9,12,16H,2-3,10-11,13-14H2,1H3,(H,22,23). The topological polar surface area (TPSA) is 65.0 Å². The lowest BCUT2D eigenvalue weighted by atomic mass is 9.98. The summed E-state index contributed by atoms with van der Waals surface area (Å²) >= 11 is 0. The second kappa shape index (κ2) is 8.61. The third kappa shape index (κ3) is 4.69. The zero-order chi connectivity index (χ0) is 18.4. The fourth-order valence-electron chi connectivity index (χ4n) is 2.91. The van der Waals surface area contributed by atoms with Gasteiger partial charge in [0.05, 0.1) is 19.6 Å². The van der Waals surface area contributed by atoms with Crippen molar-refractivity contribution >= 4 is 5.97 Å². The molecule has 0 radical (unpaired) electrons. The van der Waals surface area contributed by atoms with Gasteiger partial charge >= 0.3 is 5.97 Å². The highest BCUT2D eigenvalue weighted by Crippen LogP contribution is 2.38. The normalized spacial score (nSPS) is 15.2. The summed E-state index contributed by atoms with van der Waals surface area (Å²) in [6, 6.07) is 13.5. The molecule has 1 heterocycles. The molecule has 0 saturated heterocycles. The quantitative estimate of drug-likeness (QED) is 0.675. The van der Waals surface area contributed by atoms with E-state index in [0.29, 0.717) is 24.7 Å². The molecule has 1 atom stereocenters. The van der Waals surface area contributed by atoms with Crippen molar-refractivity contribution in [2.75, 3.05) is 13.2 Å². The van der Waals surface area contributed by atoms with Gasteiger partial charge in [-0.15, -0.1) is 0 Å². The van der Waals surface area contributed by atoms with Crippen LogP contribution >= 0.6 is 0 Å². The number of carboxylic acids is 1. The molecule has 0 aliphatic carbocycles. The molecule has 138 valence electrons. The number of unbranched alkanes of at least 4 members (excludes halogenated alkanes) is 1. The molecule has 0 bridgehead atoms. The summed E-state index contributed by atoms with van der Waals surface area (Å²) in [5.74, 6) is 1.40. The molecule has 5 heteroatoms. The third-order valence-corrected chi connectivity index (χ3v) is 4.38. The predicted molar refractivity (Wildman–Crippen MR) is 98.1 cm³/mol. The summed E-state index contributed by atoms with van der Waals surface area (Å²) in [4.78, 5) is 10.9. The van der Waals surface area contributed by atoms with Crippen molar-refractivity contribution in [3.05, 3.63) is 53.6 Å². The van der Waals surface area contributed by atoms with Gasteiger partial charge in [0.25, 0.3) is 0 Å². The molecule has 2 aromatic carbocycles. The zero-order valence-electron chi connectivity index (χ0n) is 14.9. The summed E-state index contributed by atoms with van der Waals surface area (Å²) in [6.07, 6.45) is 2.26. The largest absolute Gasteiger partial charge is 0.494 e. The number of fused-ring (bicyclic) bond motifs is 1. The maximum Gasteiger partial charge on any atom is 0.304 e. The van der Waals surface area contributed by atoms with Crippen LogP contribution in [-0.2, 0) is 11.4 Å². The first-order chi connectivity index (χ1) is 12.7. The van der Waals surface area contributed by atoms with Crippen LogP contribution in [0.2, 0.25) is 0 Å². The maximum atomic E-state index is 10.9. The number of hydrogen-bond acceptors (Lipinski definition) is 4. The first kappa shape index (κ1) is 18.1. The molecule has 1 N–H and O–H groups in total. The third-order valence-electron chi connectivity index (χ3n) is 4.38. The Balaban J connectivity index is 1.54. The molecule has 5 nitrogen and oxygen atoms in total. The minimum absolute atomic E-state index is 0.0832. The van der Waals surface area contributed by atoms with Crippen LogP contribution in [0, 0.1) is 0 Å². The van der Waals surface area contributed by atoms with E-state index in [2.05, 4.69) is 6.92 Å². The second-order valence-electron chi connectivity index (χ2n) is 6.44. The molecule has 0 fully saturated rings. The van der Waals surface area contributed by atoms with Crippen LogP contribution in [0.3, 0.4) is 0 Å². The van der Waals surface area contributed by atoms with Crippen molar-refractivity contribution in [2.24, 2.45) is 0 Å². The molecule has 3 rings (SSSR count). The predicted octanol–water partition coefficient (Wildman–Crippen LogP) is 4.40. The molecule has 26 heavy (non-hydrogen) atoms. The van der Waals surface area contributed by atoms with Crippen molar-refractivity contribution in [3.8, 4) is 17.2 Å². The highest BCUT2D eigenvalue weighted by Gasteiger charge is 2.26. The first-order valence-corrected chi connectivity index (χ1v) is 8.98. The van der Waals surface area contributed by atoms with Gasteiger partial charge < -0.3 is 19.3 Å². The summed E-state index contributed by atoms with van der Waals surface area (Å²) < 4.78 is 17.1. The Morgan fingerprint density at radius 1 is 1.15 bits per heavy atom. The minimum atomic E-state index is -0.811. The number of ether oxygens (including phenoxy) is 3. The van der Waals surface area contributed by atoms with E-state index in [1.54, 1.807) is 0 Å². The van der Waals surface area contributed by atoms with E-state index in [9.17, 15) is 4.79 Å². The monoisotopic (exact) mass is 356 g/mol. The molecule has 0 saturated carbocycles. The molecule has 0 spiro atoms. The van der Waals surface area contributed by atoms with Crippen molar-refractivity contribution < 1.29 is 24.1 Å². The summed E-state index contributed by atoms with van der Waals surface area (Å²) in [7, 11) is 0. The molecule has 2 aromatic rings. The highest BCUT2D eigenvalue weighted by atomic mass is 16.5. The lowest BCUT2D eigenvalue weighted by molar-refractivity contribution is -0.137. The molecular formula is C21H24O5. The van der Waals surface area contributed by atoms with Crippen LogP contribution in [0.15, 0.2) is 42.5 Å². The smallest absolute Gasteiger partial charge is 0.304 e. The SMILES string of the molecule is CCCCOc1ccc(COc2ccc3c(c2)OCC3CC(=O)O)cc1. The van der Waals surface area contributed by atoms with Gasteiger partial charge in [0, 0.05) is 17.5 Å². The van der Waals surface area contributed by atoms with Gasteiger partial charge in [-0.3, -0.25) is 4.79 Å². The van der Waals surface area contributed by atoms with Gasteiger partial charge in [-0.2, -0.15) is 0 Å². The van der Waals surface area contributed by atoms with E-state index in [-0.39, 0.29) is 12.3 Å². The Labute approximate surface area is 153 Å². The Hall–Kier alpha value is -2.69. The van der Waals surface area contributed by atoms with Crippen LogP contribution in [0.4, 0.5) is 0 Å². The van der Waals surface area contributed by atoms with Crippen molar-refractivity contribution in [2.45, 2.75) is 38.7 Å². The minimum Gasteiger partial charge on any atom is -0.494 e. The molecule has 1 unspecified atom stereocenters. The van der Waals surface area contributed by atoms with Gasteiger partial charge in [-0.25, -0.2) is 0 Å². The number of benzene rings is 2. The number of hydrogen-bond donors (Lipinski definition) is 1. The van der Waals surface area contributed by atoms with E-state index in [4.69, 9.17) is 19.3 Å². The lowest BCUT2D eigenvalue weighted by Crippen LogP contribution is -2.07. The van der Waals surface area contributed by atoms with Gasteiger partial charge in [0.1, 0.15) is 23.9 Å². The Bertz CT molecular complexity index is 739. The van der Waals surface area contributed by atoms with E-state index in [1.807, 2.05) is 42.5 Å². The van der Waals surface area contributed by atoms with Crippen molar-refractivity contribution in [1.82, 2.24) is 0 Å². The van der Waals surface area contributed by atoms with Crippen LogP contribution in [0.5, 0.6) is 17.2 Å². The van der Waals surface area contributed by atoms with E-state index in [1.165, 1.54) is 0 Å². The van der Waals surface area contributed by atoms with Crippen LogP contribution in [-0.4, -0.2) is 24.3 Å². The molecular weight excluding hydrogens is 332 g/mol. The molecule has 0 amide bonds. The van der Waals surface area contributed by atoms with Gasteiger partial charge in [0.2, 0.25) is 0 Å². The van der Waals surface area contributed by atoms with E-state index < -0.39 is 5.97 Å². The number of rotatable bonds is 9. The van der Waals surface area contributed by atoms with Gasteiger partial charge in [0.15, 0.2) is 0 Å². The fraction of sp³-hybridized carbons (Fsp3) is 0.381. The zero-order valence-corrected chi connectivity index (χ0v) is 14.9. The van der Waals surface area contributed by atoms with Gasteiger partial charge in [-0.1, -0.05) is 31.5 Å². The lowest BCUT2D eigenvalue weighted by Gasteiger charge is -2.10. The number of carbonyl (C=O) groups is 1.